The zero-order chi connectivity index (χ0) is 22.0. The lowest BCUT2D eigenvalue weighted by atomic mass is 10.1. The normalized spacial score (nSPS) is 30.4. The summed E-state index contributed by atoms with van der Waals surface area (Å²) in [6.07, 6.45) is -20.8. The SMILES string of the molecule is FC(F)(F)C1CNC(C(F)(F)F)CNC(C(F)(F)F)CNC(C(F)(F)F)CN1. The van der Waals surface area contributed by atoms with Crippen molar-refractivity contribution in [3.8, 4) is 0 Å². The van der Waals surface area contributed by atoms with E-state index in [4.69, 9.17) is 0 Å². The third kappa shape index (κ3) is 7.79. The van der Waals surface area contributed by atoms with Gasteiger partial charge in [0, 0.05) is 26.2 Å². The Morgan fingerprint density at radius 1 is 0.357 bits per heavy atom. The van der Waals surface area contributed by atoms with E-state index >= 15 is 0 Å². The molecule has 0 aromatic heterocycles. The van der Waals surface area contributed by atoms with Crippen LogP contribution < -0.4 is 21.3 Å². The van der Waals surface area contributed by atoms with E-state index in [1.165, 1.54) is 21.3 Å². The van der Waals surface area contributed by atoms with Crippen LogP contribution in [0.3, 0.4) is 0 Å². The lowest BCUT2D eigenvalue weighted by molar-refractivity contribution is -0.183. The molecule has 0 saturated carbocycles. The molecule has 4 N–H and O–H groups in total. The molecule has 0 spiro atoms. The Kier molecular flexibility index (Phi) is 7.86. The van der Waals surface area contributed by atoms with Gasteiger partial charge in [-0.25, -0.2) is 0 Å². The van der Waals surface area contributed by atoms with Crippen LogP contribution in [0.5, 0.6) is 0 Å². The average molecular weight is 444 g/mol. The van der Waals surface area contributed by atoms with Gasteiger partial charge in [0.25, 0.3) is 0 Å². The zero-order valence-corrected chi connectivity index (χ0v) is 13.7. The third-order valence-corrected chi connectivity index (χ3v) is 3.85. The largest absolute Gasteiger partial charge is 0.405 e. The van der Waals surface area contributed by atoms with Crippen LogP contribution in [0.4, 0.5) is 52.7 Å². The maximum atomic E-state index is 12.9. The number of alkyl halides is 12. The molecule has 28 heavy (non-hydrogen) atoms. The minimum atomic E-state index is -5.20. The third-order valence-electron chi connectivity index (χ3n) is 3.85. The van der Waals surface area contributed by atoms with E-state index in [2.05, 4.69) is 0 Å². The summed E-state index contributed by atoms with van der Waals surface area (Å²) < 4.78 is 155. The van der Waals surface area contributed by atoms with Gasteiger partial charge >= 0.3 is 24.7 Å². The molecule has 1 fully saturated rings. The van der Waals surface area contributed by atoms with Crippen LogP contribution in [-0.2, 0) is 0 Å². The van der Waals surface area contributed by atoms with Crippen molar-refractivity contribution >= 4 is 0 Å². The summed E-state index contributed by atoms with van der Waals surface area (Å²) in [5.74, 6) is 0. The molecule has 4 atom stereocenters. The smallest absolute Gasteiger partial charge is 0.303 e. The van der Waals surface area contributed by atoms with Crippen molar-refractivity contribution in [1.29, 1.82) is 0 Å². The van der Waals surface area contributed by atoms with Gasteiger partial charge in [0.05, 0.1) is 0 Å². The fourth-order valence-corrected chi connectivity index (χ4v) is 2.25. The van der Waals surface area contributed by atoms with Gasteiger partial charge in [-0.2, -0.15) is 52.7 Å². The van der Waals surface area contributed by atoms with E-state index in [0.717, 1.165) is 0 Å². The summed E-state index contributed by atoms with van der Waals surface area (Å²) >= 11 is 0. The molecule has 1 rings (SSSR count). The van der Waals surface area contributed by atoms with Gasteiger partial charge in [0.15, 0.2) is 0 Å². The minimum Gasteiger partial charge on any atom is -0.303 e. The van der Waals surface area contributed by atoms with E-state index in [1.807, 2.05) is 0 Å². The van der Waals surface area contributed by atoms with Crippen molar-refractivity contribution in [1.82, 2.24) is 21.3 Å². The van der Waals surface area contributed by atoms with Gasteiger partial charge in [-0.05, 0) is 0 Å². The van der Waals surface area contributed by atoms with Gasteiger partial charge < -0.3 is 21.3 Å². The predicted octanol–water partition coefficient (Wildman–Crippen LogP) is 2.08. The molecule has 1 heterocycles. The Morgan fingerprint density at radius 2 is 0.500 bits per heavy atom. The first-order valence-corrected chi connectivity index (χ1v) is 7.62. The van der Waals surface area contributed by atoms with Crippen LogP contribution in [-0.4, -0.2) is 75.1 Å². The molecular formula is C12H16F12N4. The predicted molar refractivity (Wildman–Crippen MR) is 71.4 cm³/mol. The van der Waals surface area contributed by atoms with Crippen molar-refractivity contribution in [2.24, 2.45) is 0 Å². The fourth-order valence-electron chi connectivity index (χ4n) is 2.25. The first kappa shape index (κ1) is 25.0. The van der Waals surface area contributed by atoms with Crippen molar-refractivity contribution in [3.63, 3.8) is 0 Å². The second-order valence-corrected chi connectivity index (χ2v) is 6.01. The Labute approximate surface area is 150 Å². The second-order valence-electron chi connectivity index (χ2n) is 6.01. The highest BCUT2D eigenvalue weighted by Crippen LogP contribution is 2.26. The monoisotopic (exact) mass is 444 g/mol. The topological polar surface area (TPSA) is 48.1 Å². The molecule has 1 saturated heterocycles. The molecule has 4 nitrogen and oxygen atoms in total. The van der Waals surface area contributed by atoms with Crippen molar-refractivity contribution in [2.45, 2.75) is 48.9 Å². The lowest BCUT2D eigenvalue weighted by Crippen LogP contribution is -2.63. The van der Waals surface area contributed by atoms with Crippen LogP contribution in [0.1, 0.15) is 0 Å². The first-order chi connectivity index (χ1) is 12.4. The van der Waals surface area contributed by atoms with Gasteiger partial charge in [-0.1, -0.05) is 0 Å². The van der Waals surface area contributed by atoms with E-state index in [0.29, 0.717) is 0 Å². The molecule has 1 aliphatic rings. The number of rotatable bonds is 0. The van der Waals surface area contributed by atoms with Gasteiger partial charge in [0.2, 0.25) is 0 Å². The lowest BCUT2D eigenvalue weighted by Gasteiger charge is -2.33. The van der Waals surface area contributed by atoms with Crippen molar-refractivity contribution in [3.05, 3.63) is 0 Å². The van der Waals surface area contributed by atoms with Gasteiger partial charge in [0.1, 0.15) is 24.2 Å². The molecule has 4 unspecified atom stereocenters. The number of nitrogens with one attached hydrogen (secondary N) is 4. The first-order valence-electron chi connectivity index (χ1n) is 7.62. The van der Waals surface area contributed by atoms with Crippen LogP contribution >= 0.6 is 0 Å². The maximum absolute atomic E-state index is 12.9. The Hall–Kier alpha value is -1.00. The van der Waals surface area contributed by atoms with Gasteiger partial charge in [-0.3, -0.25) is 0 Å². The fraction of sp³-hybridized carbons (Fsp3) is 1.00. The molecule has 0 aromatic carbocycles. The van der Waals surface area contributed by atoms with E-state index < -0.39 is 75.1 Å². The van der Waals surface area contributed by atoms with Crippen LogP contribution in [0.2, 0.25) is 0 Å². The molecule has 16 heteroatoms. The molecule has 1 aliphatic heterocycles. The molecule has 0 bridgehead atoms. The molecular weight excluding hydrogens is 428 g/mol. The standard InChI is InChI=1S/C12H16F12N4/c13-9(14,15)5-1-25-6(10(16,17)18)2-27-8(12(22,23)24)4-28-7(3-26-5)11(19,20)21/h5-8,25-28H,1-4H2. The zero-order valence-electron chi connectivity index (χ0n) is 13.7. The average Bonchev–Trinajstić information content (AvgIpc) is 2.42. The summed E-state index contributed by atoms with van der Waals surface area (Å²) in [7, 11) is 0. The molecule has 0 aromatic rings. The van der Waals surface area contributed by atoms with Crippen molar-refractivity contribution in [2.75, 3.05) is 26.2 Å². The Balaban J connectivity index is 3.12. The summed E-state index contributed by atoms with van der Waals surface area (Å²) in [6.45, 7) is -6.01. The number of hydrogen-bond acceptors (Lipinski definition) is 4. The van der Waals surface area contributed by atoms with Crippen LogP contribution in [0.25, 0.3) is 0 Å². The maximum Gasteiger partial charge on any atom is 0.405 e. The van der Waals surface area contributed by atoms with Crippen molar-refractivity contribution < 1.29 is 52.7 Å². The highest BCUT2D eigenvalue weighted by molar-refractivity contribution is 4.91. The summed E-state index contributed by atoms with van der Waals surface area (Å²) in [5.41, 5.74) is 0. The molecule has 168 valence electrons. The molecule has 0 amide bonds. The highest BCUT2D eigenvalue weighted by atomic mass is 19.4. The highest BCUT2D eigenvalue weighted by Gasteiger charge is 2.48. The molecule has 0 radical (unpaired) electrons. The Morgan fingerprint density at radius 3 is 0.607 bits per heavy atom. The number of hydrogen-bond donors (Lipinski definition) is 4. The summed E-state index contributed by atoms with van der Waals surface area (Å²) in [4.78, 5) is 0. The van der Waals surface area contributed by atoms with E-state index in [-0.39, 0.29) is 0 Å². The summed E-state index contributed by atoms with van der Waals surface area (Å²) in [5, 5.41) is 5.68. The molecule has 0 aliphatic carbocycles. The van der Waals surface area contributed by atoms with Gasteiger partial charge in [-0.15, -0.1) is 0 Å². The van der Waals surface area contributed by atoms with E-state index in [1.54, 1.807) is 0 Å². The second kappa shape index (κ2) is 8.79. The van der Waals surface area contributed by atoms with Crippen LogP contribution in [0.15, 0.2) is 0 Å². The number of halogens is 12. The quantitative estimate of drug-likeness (QED) is 0.433. The summed E-state index contributed by atoms with van der Waals surface area (Å²) in [6, 6.07) is -11.2. The Bertz CT molecular complexity index is 379. The minimum absolute atomic E-state index is 1.42. The van der Waals surface area contributed by atoms with E-state index in [9.17, 15) is 52.7 Å². The van der Waals surface area contributed by atoms with Crippen LogP contribution in [0, 0.1) is 0 Å².